The van der Waals surface area contributed by atoms with Gasteiger partial charge in [-0.25, -0.2) is 5.26 Å². The van der Waals surface area contributed by atoms with Crippen molar-refractivity contribution in [1.82, 2.24) is 5.32 Å². The minimum absolute atomic E-state index is 0.0393. The fourth-order valence-electron chi connectivity index (χ4n) is 2.75. The first-order valence-electron chi connectivity index (χ1n) is 9.15. The number of hydrogen-bond acceptors (Lipinski definition) is 3. The molecule has 4 nitrogen and oxygen atoms in total. The zero-order chi connectivity index (χ0) is 22.0. The highest BCUT2D eigenvalue weighted by molar-refractivity contribution is 5.81. The minimum atomic E-state index is -4.46. The van der Waals surface area contributed by atoms with Crippen LogP contribution in [0.5, 0.6) is 5.75 Å². The minimum Gasteiger partial charge on any atom is -0.481 e. The smallest absolute Gasteiger partial charge is 0.416 e. The van der Waals surface area contributed by atoms with Crippen LogP contribution in [0.15, 0.2) is 42.5 Å². The molecule has 156 valence electrons. The van der Waals surface area contributed by atoms with Crippen LogP contribution in [0.4, 0.5) is 13.2 Å². The lowest BCUT2D eigenvalue weighted by Gasteiger charge is -2.20. The van der Waals surface area contributed by atoms with Gasteiger partial charge < -0.3 is 10.1 Å². The molecule has 29 heavy (non-hydrogen) atoms. The lowest BCUT2D eigenvalue weighted by molar-refractivity contribution is -0.138. The van der Waals surface area contributed by atoms with E-state index in [1.54, 1.807) is 0 Å². The molecule has 0 aliphatic heterocycles. The molecule has 0 heterocycles. The Bertz CT molecular complexity index is 832. The number of alkyl halides is 3. The van der Waals surface area contributed by atoms with Crippen molar-refractivity contribution in [2.24, 2.45) is 0 Å². The second-order valence-electron chi connectivity index (χ2n) is 6.51. The van der Waals surface area contributed by atoms with Gasteiger partial charge in [-0.3, -0.25) is 4.79 Å². The molecule has 0 saturated heterocycles. The highest BCUT2D eigenvalue weighted by Crippen LogP contribution is 2.34. The summed E-state index contributed by atoms with van der Waals surface area (Å²) >= 11 is 0. The highest BCUT2D eigenvalue weighted by atomic mass is 19.4. The number of nitrogens with zero attached hydrogens (tertiary/aromatic N) is 1. The normalized spacial score (nSPS) is 11.7. The van der Waals surface area contributed by atoms with Crippen molar-refractivity contribution in [2.45, 2.75) is 52.4 Å². The fourth-order valence-corrected chi connectivity index (χ4v) is 2.75. The SMILES string of the molecule is C#N.CCC[C@@H](Oc1ccc(C)c(C(F)(F)F)c1)C(=O)NCc1ccccc1C. The molecule has 0 aromatic heterocycles. The molecule has 2 aromatic rings. The summed E-state index contributed by atoms with van der Waals surface area (Å²) in [6, 6.07) is 11.4. The van der Waals surface area contributed by atoms with E-state index >= 15 is 0 Å². The fraction of sp³-hybridized carbons (Fsp3) is 0.364. The van der Waals surface area contributed by atoms with E-state index in [1.807, 2.05) is 38.1 Å². The molecule has 0 radical (unpaired) electrons. The molecule has 0 unspecified atom stereocenters. The monoisotopic (exact) mass is 406 g/mol. The average molecular weight is 406 g/mol. The first-order chi connectivity index (χ1) is 13.7. The summed E-state index contributed by atoms with van der Waals surface area (Å²) < 4.78 is 44.9. The number of amides is 1. The Kier molecular flexibility index (Phi) is 9.20. The van der Waals surface area contributed by atoms with Crippen LogP contribution < -0.4 is 10.1 Å². The number of carbonyl (C=O) groups excluding carboxylic acids is 1. The van der Waals surface area contributed by atoms with E-state index in [0.717, 1.165) is 17.2 Å². The zero-order valence-electron chi connectivity index (χ0n) is 16.7. The molecule has 2 aromatic carbocycles. The third-order valence-corrected chi connectivity index (χ3v) is 4.35. The molecule has 0 bridgehead atoms. The molecular weight excluding hydrogens is 381 g/mol. The largest absolute Gasteiger partial charge is 0.481 e. The summed E-state index contributed by atoms with van der Waals surface area (Å²) in [7, 11) is 0. The second-order valence-corrected chi connectivity index (χ2v) is 6.51. The predicted octanol–water partition coefficient (Wildman–Crippen LogP) is 5.33. The van der Waals surface area contributed by atoms with E-state index in [2.05, 4.69) is 11.9 Å². The van der Waals surface area contributed by atoms with Gasteiger partial charge in [0.1, 0.15) is 5.75 Å². The van der Waals surface area contributed by atoms with E-state index in [-0.39, 0.29) is 17.2 Å². The van der Waals surface area contributed by atoms with Gasteiger partial charge in [0.15, 0.2) is 6.10 Å². The number of hydrogen-bond donors (Lipinski definition) is 1. The molecule has 0 aliphatic rings. The Morgan fingerprint density at radius 3 is 2.38 bits per heavy atom. The molecule has 0 saturated carbocycles. The van der Waals surface area contributed by atoms with Crippen molar-refractivity contribution < 1.29 is 22.7 Å². The van der Waals surface area contributed by atoms with Gasteiger partial charge in [0.05, 0.1) is 5.56 Å². The first-order valence-corrected chi connectivity index (χ1v) is 9.15. The summed E-state index contributed by atoms with van der Waals surface area (Å²) in [6.45, 7) is 9.08. The lowest BCUT2D eigenvalue weighted by Crippen LogP contribution is -2.38. The topological polar surface area (TPSA) is 62.1 Å². The van der Waals surface area contributed by atoms with Crippen molar-refractivity contribution in [3.63, 3.8) is 0 Å². The Hall–Kier alpha value is -3.01. The van der Waals surface area contributed by atoms with Crippen molar-refractivity contribution in [3.05, 3.63) is 64.7 Å². The van der Waals surface area contributed by atoms with Crippen molar-refractivity contribution in [2.75, 3.05) is 0 Å². The Morgan fingerprint density at radius 1 is 1.14 bits per heavy atom. The average Bonchev–Trinajstić information content (AvgIpc) is 2.69. The van der Waals surface area contributed by atoms with Gasteiger partial charge in [0.2, 0.25) is 0 Å². The van der Waals surface area contributed by atoms with Gasteiger partial charge in [-0.15, -0.1) is 0 Å². The van der Waals surface area contributed by atoms with Crippen molar-refractivity contribution in [3.8, 4) is 12.3 Å². The third kappa shape index (κ3) is 7.15. The van der Waals surface area contributed by atoms with Gasteiger partial charge in [-0.05, 0) is 49.1 Å². The van der Waals surface area contributed by atoms with Crippen LogP contribution in [0, 0.1) is 25.7 Å². The number of nitrogens with one attached hydrogen (secondary N) is 1. The maximum Gasteiger partial charge on any atom is 0.416 e. The van der Waals surface area contributed by atoms with Crippen LogP contribution in [0.3, 0.4) is 0 Å². The standard InChI is InChI=1S/C21H24F3NO2.CHN/c1-4-7-19(20(26)25-13-16-9-6-5-8-14(16)2)27-17-11-10-15(3)18(12-17)21(22,23)24;1-2/h5-6,8-12,19H,4,7,13H2,1-3H3,(H,25,26);1H/t19-;/m1./s1. The molecule has 0 spiro atoms. The first kappa shape index (κ1) is 24.0. The molecule has 0 fully saturated rings. The third-order valence-electron chi connectivity index (χ3n) is 4.35. The summed E-state index contributed by atoms with van der Waals surface area (Å²) in [5, 5.41) is 9.32. The number of rotatable bonds is 7. The summed E-state index contributed by atoms with van der Waals surface area (Å²) in [4.78, 5) is 12.5. The van der Waals surface area contributed by atoms with Gasteiger partial charge in [-0.1, -0.05) is 43.7 Å². The molecule has 1 N–H and O–H groups in total. The molecule has 0 aliphatic carbocycles. The van der Waals surface area contributed by atoms with Crippen LogP contribution in [-0.2, 0) is 17.5 Å². The maximum absolute atomic E-state index is 13.1. The Morgan fingerprint density at radius 2 is 1.79 bits per heavy atom. The lowest BCUT2D eigenvalue weighted by atomic mass is 10.1. The van der Waals surface area contributed by atoms with Crippen LogP contribution >= 0.6 is 0 Å². The van der Waals surface area contributed by atoms with Gasteiger partial charge >= 0.3 is 6.18 Å². The molecular formula is C22H25F3N2O2. The van der Waals surface area contributed by atoms with E-state index in [0.29, 0.717) is 19.4 Å². The van der Waals surface area contributed by atoms with Crippen LogP contribution in [0.25, 0.3) is 0 Å². The molecule has 1 atom stereocenters. The quantitative estimate of drug-likeness (QED) is 0.676. The summed E-state index contributed by atoms with van der Waals surface area (Å²) in [6.07, 6.45) is -4.23. The van der Waals surface area contributed by atoms with Crippen LogP contribution in [0.2, 0.25) is 0 Å². The number of nitriles is 1. The maximum atomic E-state index is 13.1. The number of ether oxygens (including phenoxy) is 1. The van der Waals surface area contributed by atoms with Crippen molar-refractivity contribution in [1.29, 1.82) is 5.26 Å². The number of halogens is 3. The Balaban J connectivity index is 0.00000204. The van der Waals surface area contributed by atoms with Crippen LogP contribution in [0.1, 0.15) is 42.0 Å². The van der Waals surface area contributed by atoms with E-state index < -0.39 is 17.8 Å². The summed E-state index contributed by atoms with van der Waals surface area (Å²) in [5.74, 6) is -0.299. The predicted molar refractivity (Wildman–Crippen MR) is 105 cm³/mol. The van der Waals surface area contributed by atoms with E-state index in [9.17, 15) is 18.0 Å². The van der Waals surface area contributed by atoms with E-state index in [4.69, 9.17) is 10.00 Å². The Labute approximate surface area is 169 Å². The highest BCUT2D eigenvalue weighted by Gasteiger charge is 2.33. The molecule has 1 amide bonds. The second kappa shape index (κ2) is 11.1. The zero-order valence-corrected chi connectivity index (χ0v) is 16.7. The molecule has 2 rings (SSSR count). The van der Waals surface area contributed by atoms with Gasteiger partial charge in [-0.2, -0.15) is 13.2 Å². The number of benzene rings is 2. The van der Waals surface area contributed by atoms with Crippen molar-refractivity contribution >= 4 is 5.91 Å². The molecule has 7 heteroatoms. The summed E-state index contributed by atoms with van der Waals surface area (Å²) in [5.41, 5.74) is 1.40. The van der Waals surface area contributed by atoms with Crippen LogP contribution in [-0.4, -0.2) is 12.0 Å². The van der Waals surface area contributed by atoms with Gasteiger partial charge in [0, 0.05) is 13.1 Å². The van der Waals surface area contributed by atoms with Gasteiger partial charge in [0.25, 0.3) is 5.91 Å². The number of carbonyl (C=O) groups is 1. The van der Waals surface area contributed by atoms with E-state index in [1.165, 1.54) is 19.1 Å². The number of aryl methyl sites for hydroxylation is 2.